The van der Waals surface area contributed by atoms with Gasteiger partial charge in [-0.05, 0) is 44.2 Å². The van der Waals surface area contributed by atoms with E-state index in [2.05, 4.69) is 0 Å². The molecule has 29 heavy (non-hydrogen) atoms. The van der Waals surface area contributed by atoms with Crippen LogP contribution in [0, 0.1) is 6.92 Å². The highest BCUT2D eigenvalue weighted by Gasteiger charge is 2.33. The fourth-order valence-electron chi connectivity index (χ4n) is 3.09. The molecule has 1 atom stereocenters. The Morgan fingerprint density at radius 2 is 1.66 bits per heavy atom. The first kappa shape index (κ1) is 21.9. The molecule has 1 saturated heterocycles. The molecule has 9 heteroatoms. The van der Waals surface area contributed by atoms with Crippen molar-refractivity contribution in [3.63, 3.8) is 0 Å². The molecular weight excluding hydrogens is 435 g/mol. The molecule has 1 aliphatic rings. The van der Waals surface area contributed by atoms with Crippen LogP contribution in [-0.2, 0) is 14.8 Å². The first-order chi connectivity index (χ1) is 13.7. The van der Waals surface area contributed by atoms with Crippen molar-refractivity contribution in [3.05, 3.63) is 58.1 Å². The number of amides is 1. The second kappa shape index (κ2) is 8.92. The van der Waals surface area contributed by atoms with Gasteiger partial charge in [0.1, 0.15) is 10.6 Å². The van der Waals surface area contributed by atoms with E-state index in [0.717, 1.165) is 5.56 Å². The predicted molar refractivity (Wildman–Crippen MR) is 113 cm³/mol. The molecule has 1 fully saturated rings. The third kappa shape index (κ3) is 5.04. The first-order valence-electron chi connectivity index (χ1n) is 9.16. The van der Waals surface area contributed by atoms with Crippen LogP contribution < -0.4 is 4.74 Å². The minimum absolute atomic E-state index is 0.0254. The van der Waals surface area contributed by atoms with E-state index in [1.165, 1.54) is 22.5 Å². The first-order valence-corrected chi connectivity index (χ1v) is 11.4. The summed E-state index contributed by atoms with van der Waals surface area (Å²) in [6, 6.07) is 11.8. The molecule has 0 spiro atoms. The number of nitrogens with zero attached hydrogens (tertiary/aromatic N) is 2. The molecule has 6 nitrogen and oxygen atoms in total. The van der Waals surface area contributed by atoms with Gasteiger partial charge in [0.05, 0.1) is 5.02 Å². The van der Waals surface area contributed by atoms with E-state index in [0.29, 0.717) is 10.8 Å². The Morgan fingerprint density at radius 1 is 1.03 bits per heavy atom. The Hall–Kier alpha value is -1.80. The van der Waals surface area contributed by atoms with Crippen LogP contribution in [0.3, 0.4) is 0 Å². The van der Waals surface area contributed by atoms with Gasteiger partial charge in [-0.3, -0.25) is 4.79 Å². The quantitative estimate of drug-likeness (QED) is 0.688. The average molecular weight is 457 g/mol. The fraction of sp³-hybridized carbons (Fsp3) is 0.350. The Kier molecular flexibility index (Phi) is 6.73. The number of benzene rings is 2. The number of carbonyl (C=O) groups is 1. The Bertz CT molecular complexity index is 988. The second-order valence-electron chi connectivity index (χ2n) is 6.88. The molecule has 1 amide bonds. The van der Waals surface area contributed by atoms with Crippen LogP contribution in [0.1, 0.15) is 12.5 Å². The van der Waals surface area contributed by atoms with Crippen molar-refractivity contribution >= 4 is 39.1 Å². The van der Waals surface area contributed by atoms with Gasteiger partial charge in [0.2, 0.25) is 10.0 Å². The Morgan fingerprint density at radius 3 is 2.28 bits per heavy atom. The van der Waals surface area contributed by atoms with Gasteiger partial charge in [-0.1, -0.05) is 40.9 Å². The molecule has 156 valence electrons. The lowest BCUT2D eigenvalue weighted by Crippen LogP contribution is -2.53. The summed E-state index contributed by atoms with van der Waals surface area (Å²) in [5.74, 6) is 0.441. The number of aryl methyl sites for hydroxylation is 1. The molecule has 1 aliphatic heterocycles. The lowest BCUT2D eigenvalue weighted by atomic mass is 10.2. The molecule has 0 bridgehead atoms. The third-order valence-corrected chi connectivity index (χ3v) is 7.36. The monoisotopic (exact) mass is 456 g/mol. The number of halogens is 2. The normalized spacial score (nSPS) is 16.5. The SMILES string of the molecule is Cc1ccc(O[C@@H](C)C(=O)N2CCN(S(=O)(=O)c3cc(Cl)ccc3Cl)CC2)cc1. The summed E-state index contributed by atoms with van der Waals surface area (Å²) in [4.78, 5) is 14.3. The summed E-state index contributed by atoms with van der Waals surface area (Å²) in [6.45, 7) is 4.57. The molecular formula is C20H22Cl2N2O4S. The third-order valence-electron chi connectivity index (χ3n) is 4.74. The molecule has 0 saturated carbocycles. The summed E-state index contributed by atoms with van der Waals surface area (Å²) in [6.07, 6.45) is -0.664. The Labute approximate surface area is 181 Å². The molecule has 1 heterocycles. The maximum atomic E-state index is 12.9. The molecule has 0 N–H and O–H groups in total. The van der Waals surface area contributed by atoms with Crippen molar-refractivity contribution < 1.29 is 17.9 Å². The second-order valence-corrected chi connectivity index (χ2v) is 9.63. The van der Waals surface area contributed by atoms with Crippen molar-refractivity contribution in [1.29, 1.82) is 0 Å². The van der Waals surface area contributed by atoms with E-state index in [1.807, 2.05) is 31.2 Å². The molecule has 0 aromatic heterocycles. The zero-order valence-corrected chi connectivity index (χ0v) is 18.5. The van der Waals surface area contributed by atoms with Gasteiger partial charge in [0, 0.05) is 31.2 Å². The molecule has 3 rings (SSSR count). The van der Waals surface area contributed by atoms with Gasteiger partial charge in [0.25, 0.3) is 5.91 Å². The maximum absolute atomic E-state index is 12.9. The maximum Gasteiger partial charge on any atom is 0.263 e. The van der Waals surface area contributed by atoms with Crippen molar-refractivity contribution in [2.75, 3.05) is 26.2 Å². The number of sulfonamides is 1. The number of hydrogen-bond donors (Lipinski definition) is 0. The van der Waals surface area contributed by atoms with Crippen LogP contribution in [0.15, 0.2) is 47.4 Å². The lowest BCUT2D eigenvalue weighted by molar-refractivity contribution is -0.139. The zero-order valence-electron chi connectivity index (χ0n) is 16.1. The highest BCUT2D eigenvalue weighted by molar-refractivity contribution is 7.89. The zero-order chi connectivity index (χ0) is 21.2. The molecule has 2 aromatic carbocycles. The minimum Gasteiger partial charge on any atom is -0.481 e. The van der Waals surface area contributed by atoms with Crippen LogP contribution >= 0.6 is 23.2 Å². The predicted octanol–water partition coefficient (Wildman–Crippen LogP) is 3.60. The van der Waals surface area contributed by atoms with Gasteiger partial charge in [-0.25, -0.2) is 8.42 Å². The van der Waals surface area contributed by atoms with Gasteiger partial charge >= 0.3 is 0 Å². The number of piperazine rings is 1. The Balaban J connectivity index is 1.62. The van der Waals surface area contributed by atoms with E-state index >= 15 is 0 Å². The van der Waals surface area contributed by atoms with E-state index in [4.69, 9.17) is 27.9 Å². The lowest BCUT2D eigenvalue weighted by Gasteiger charge is -2.35. The summed E-state index contributed by atoms with van der Waals surface area (Å²) in [5, 5.41) is 0.414. The van der Waals surface area contributed by atoms with Crippen LogP contribution in [0.25, 0.3) is 0 Å². The van der Waals surface area contributed by atoms with Gasteiger partial charge < -0.3 is 9.64 Å². The van der Waals surface area contributed by atoms with Crippen molar-refractivity contribution in [2.45, 2.75) is 24.8 Å². The van der Waals surface area contributed by atoms with Crippen LogP contribution in [-0.4, -0.2) is 55.8 Å². The van der Waals surface area contributed by atoms with Gasteiger partial charge in [0.15, 0.2) is 6.10 Å². The molecule has 0 radical (unpaired) electrons. The van der Waals surface area contributed by atoms with Crippen molar-refractivity contribution in [2.24, 2.45) is 0 Å². The minimum atomic E-state index is -3.79. The van der Waals surface area contributed by atoms with Gasteiger partial charge in [-0.15, -0.1) is 0 Å². The van der Waals surface area contributed by atoms with Crippen molar-refractivity contribution in [3.8, 4) is 5.75 Å². The smallest absolute Gasteiger partial charge is 0.263 e. The summed E-state index contributed by atoms with van der Waals surface area (Å²) in [5.41, 5.74) is 1.11. The fourth-order valence-corrected chi connectivity index (χ4v) is 5.25. The largest absolute Gasteiger partial charge is 0.481 e. The summed E-state index contributed by atoms with van der Waals surface area (Å²) < 4.78 is 32.8. The topological polar surface area (TPSA) is 66.9 Å². The highest BCUT2D eigenvalue weighted by atomic mass is 35.5. The van der Waals surface area contributed by atoms with Crippen LogP contribution in [0.5, 0.6) is 5.75 Å². The van der Waals surface area contributed by atoms with E-state index in [-0.39, 0.29) is 42.0 Å². The number of ether oxygens (including phenoxy) is 1. The average Bonchev–Trinajstić information content (AvgIpc) is 2.71. The molecule has 2 aromatic rings. The van der Waals surface area contributed by atoms with Crippen molar-refractivity contribution in [1.82, 2.24) is 9.21 Å². The van der Waals surface area contributed by atoms with E-state index < -0.39 is 16.1 Å². The summed E-state index contributed by atoms with van der Waals surface area (Å²) >= 11 is 12.0. The summed E-state index contributed by atoms with van der Waals surface area (Å²) in [7, 11) is -3.79. The molecule has 0 aliphatic carbocycles. The van der Waals surface area contributed by atoms with Gasteiger partial charge in [-0.2, -0.15) is 4.31 Å². The standard InChI is InChI=1S/C20H22Cl2N2O4S/c1-14-3-6-17(7-4-14)28-15(2)20(25)23-9-11-24(12-10-23)29(26,27)19-13-16(21)5-8-18(19)22/h3-8,13,15H,9-12H2,1-2H3/t15-/m0/s1. The molecule has 0 unspecified atom stereocenters. The number of rotatable bonds is 5. The van der Waals surface area contributed by atoms with E-state index in [9.17, 15) is 13.2 Å². The number of hydrogen-bond acceptors (Lipinski definition) is 4. The highest BCUT2D eigenvalue weighted by Crippen LogP contribution is 2.28. The van der Waals surface area contributed by atoms with E-state index in [1.54, 1.807) is 11.8 Å². The number of carbonyl (C=O) groups excluding carboxylic acids is 1. The van der Waals surface area contributed by atoms with Crippen LogP contribution in [0.2, 0.25) is 10.0 Å². The van der Waals surface area contributed by atoms with Crippen LogP contribution in [0.4, 0.5) is 0 Å².